The lowest BCUT2D eigenvalue weighted by molar-refractivity contribution is -0.0779. The number of piperidine rings is 1. The number of hydrogen-bond donors (Lipinski definition) is 0. The Labute approximate surface area is 173 Å². The number of nitrogens with zero attached hydrogens (tertiary/aromatic N) is 1. The van der Waals surface area contributed by atoms with E-state index in [4.69, 9.17) is 4.74 Å². The van der Waals surface area contributed by atoms with Gasteiger partial charge in [-0.25, -0.2) is 0 Å². The van der Waals surface area contributed by atoms with E-state index in [1.165, 1.54) is 89.0 Å². The van der Waals surface area contributed by atoms with Crippen molar-refractivity contribution in [2.24, 2.45) is 5.92 Å². The van der Waals surface area contributed by atoms with Crippen LogP contribution in [0.3, 0.4) is 0 Å². The minimum absolute atomic E-state index is 0.534. The van der Waals surface area contributed by atoms with E-state index in [9.17, 15) is 0 Å². The molecule has 0 N–H and O–H groups in total. The first-order valence-electron chi connectivity index (χ1n) is 12.2. The minimum atomic E-state index is 0.534. The summed E-state index contributed by atoms with van der Waals surface area (Å²) in [6.45, 7) is 4.01. The van der Waals surface area contributed by atoms with Crippen molar-refractivity contribution in [3.8, 4) is 0 Å². The summed E-state index contributed by atoms with van der Waals surface area (Å²) >= 11 is 0. The van der Waals surface area contributed by atoms with Gasteiger partial charge in [-0.1, -0.05) is 75.8 Å². The number of benzene rings is 1. The van der Waals surface area contributed by atoms with Gasteiger partial charge in [-0.3, -0.25) is 4.90 Å². The molecule has 3 aliphatic rings. The highest BCUT2D eigenvalue weighted by molar-refractivity contribution is 5.14. The number of rotatable bonds is 9. The molecule has 28 heavy (non-hydrogen) atoms. The van der Waals surface area contributed by atoms with Crippen molar-refractivity contribution in [3.05, 3.63) is 35.9 Å². The van der Waals surface area contributed by atoms with Gasteiger partial charge < -0.3 is 4.74 Å². The van der Waals surface area contributed by atoms with Crippen LogP contribution in [0, 0.1) is 5.92 Å². The summed E-state index contributed by atoms with van der Waals surface area (Å²) < 4.78 is 6.28. The van der Waals surface area contributed by atoms with Crippen LogP contribution in [0.1, 0.15) is 96.0 Å². The second-order valence-corrected chi connectivity index (χ2v) is 9.73. The molecule has 2 saturated heterocycles. The Morgan fingerprint density at radius 1 is 0.929 bits per heavy atom. The van der Waals surface area contributed by atoms with Gasteiger partial charge in [0.25, 0.3) is 0 Å². The van der Waals surface area contributed by atoms with Gasteiger partial charge in [0.1, 0.15) is 0 Å². The van der Waals surface area contributed by atoms with E-state index < -0.39 is 0 Å². The van der Waals surface area contributed by atoms with Gasteiger partial charge >= 0.3 is 0 Å². The molecule has 2 heteroatoms. The molecular formula is C26H41NO. The molecule has 0 aromatic heterocycles. The van der Waals surface area contributed by atoms with E-state index in [1.54, 1.807) is 0 Å². The summed E-state index contributed by atoms with van der Waals surface area (Å²) in [7, 11) is 0. The fraction of sp³-hybridized carbons (Fsp3) is 0.769. The highest BCUT2D eigenvalue weighted by Crippen LogP contribution is 2.54. The summed E-state index contributed by atoms with van der Waals surface area (Å²) in [6, 6.07) is 12.2. The quantitative estimate of drug-likeness (QED) is 0.438. The third kappa shape index (κ3) is 4.33. The molecule has 0 radical (unpaired) electrons. The zero-order chi connectivity index (χ0) is 19.2. The second kappa shape index (κ2) is 9.76. The number of ether oxygens (including phenoxy) is 1. The van der Waals surface area contributed by atoms with E-state index in [1.807, 2.05) is 0 Å². The topological polar surface area (TPSA) is 12.5 Å². The maximum atomic E-state index is 6.28. The van der Waals surface area contributed by atoms with Crippen LogP contribution in [0.25, 0.3) is 0 Å². The van der Waals surface area contributed by atoms with Crippen molar-refractivity contribution >= 4 is 0 Å². The molecule has 2 heterocycles. The lowest BCUT2D eigenvalue weighted by Crippen LogP contribution is -2.61. The van der Waals surface area contributed by atoms with Gasteiger partial charge in [-0.15, -0.1) is 0 Å². The summed E-state index contributed by atoms with van der Waals surface area (Å²) in [6.07, 6.45) is 18.6. The van der Waals surface area contributed by atoms with Crippen molar-refractivity contribution in [1.82, 2.24) is 4.90 Å². The van der Waals surface area contributed by atoms with Gasteiger partial charge in [0.15, 0.2) is 0 Å². The third-order valence-corrected chi connectivity index (χ3v) is 8.04. The highest BCUT2D eigenvalue weighted by atomic mass is 16.5. The lowest BCUT2D eigenvalue weighted by atomic mass is 9.66. The van der Waals surface area contributed by atoms with Crippen LogP contribution < -0.4 is 0 Å². The Morgan fingerprint density at radius 2 is 1.82 bits per heavy atom. The molecule has 1 aromatic rings. The Balaban J connectivity index is 1.41. The Morgan fingerprint density at radius 3 is 2.68 bits per heavy atom. The Kier molecular flexibility index (Phi) is 7.12. The summed E-state index contributed by atoms with van der Waals surface area (Å²) in [5, 5.41) is 0. The van der Waals surface area contributed by atoms with Gasteiger partial charge in [0, 0.05) is 17.6 Å². The van der Waals surface area contributed by atoms with Crippen LogP contribution in [0.4, 0.5) is 0 Å². The molecule has 4 atom stereocenters. The van der Waals surface area contributed by atoms with Crippen LogP contribution >= 0.6 is 0 Å². The van der Waals surface area contributed by atoms with Crippen molar-refractivity contribution < 1.29 is 4.74 Å². The molecule has 156 valence electrons. The molecule has 2 aliphatic heterocycles. The van der Waals surface area contributed by atoms with Crippen LogP contribution in [-0.4, -0.2) is 29.1 Å². The van der Waals surface area contributed by atoms with Crippen LogP contribution in [0.2, 0.25) is 0 Å². The van der Waals surface area contributed by atoms with Crippen molar-refractivity contribution in [1.29, 1.82) is 0 Å². The molecule has 1 aliphatic carbocycles. The van der Waals surface area contributed by atoms with E-state index in [0.717, 1.165) is 25.2 Å². The van der Waals surface area contributed by atoms with Crippen LogP contribution in [0.15, 0.2) is 30.3 Å². The molecular weight excluding hydrogens is 342 g/mol. The van der Waals surface area contributed by atoms with Gasteiger partial charge in [-0.05, 0) is 56.4 Å². The standard InChI is InChI=1S/C26H41NO/c1-2-3-4-8-14-24-16-15-23-13-9-10-18-26(23)19-17-25(27(24)26)21-28-20-22-11-6-5-7-12-22/h5-7,11-12,23-25H,2-4,8-10,13-21H2,1H3/t23-,24+,25-,26+/m0/s1. The van der Waals surface area contributed by atoms with Crippen molar-refractivity contribution in [3.63, 3.8) is 0 Å². The maximum Gasteiger partial charge on any atom is 0.0717 e. The summed E-state index contributed by atoms with van der Waals surface area (Å²) in [5.74, 6) is 0.965. The Bertz CT molecular complexity index is 587. The predicted molar refractivity (Wildman–Crippen MR) is 117 cm³/mol. The molecule has 2 nitrogen and oxygen atoms in total. The molecule has 3 fully saturated rings. The lowest BCUT2D eigenvalue weighted by Gasteiger charge is -2.56. The molecule has 0 unspecified atom stereocenters. The monoisotopic (exact) mass is 383 g/mol. The average molecular weight is 384 g/mol. The van der Waals surface area contributed by atoms with Gasteiger partial charge in [-0.2, -0.15) is 0 Å². The van der Waals surface area contributed by atoms with Crippen LogP contribution in [0.5, 0.6) is 0 Å². The van der Waals surface area contributed by atoms with Crippen molar-refractivity contribution in [2.45, 2.75) is 115 Å². The molecule has 4 rings (SSSR count). The first-order valence-corrected chi connectivity index (χ1v) is 12.2. The Hall–Kier alpha value is -0.860. The zero-order valence-electron chi connectivity index (χ0n) is 18.1. The number of unbranched alkanes of at least 4 members (excludes halogenated alkanes) is 3. The second-order valence-electron chi connectivity index (χ2n) is 9.73. The smallest absolute Gasteiger partial charge is 0.0717 e. The zero-order valence-corrected chi connectivity index (χ0v) is 18.1. The fourth-order valence-electron chi connectivity index (χ4n) is 6.76. The first kappa shape index (κ1) is 20.4. The third-order valence-electron chi connectivity index (χ3n) is 8.04. The molecule has 0 amide bonds. The first-order chi connectivity index (χ1) is 13.8. The predicted octanol–water partition coefficient (Wildman–Crippen LogP) is 6.73. The van der Waals surface area contributed by atoms with E-state index in [2.05, 4.69) is 42.2 Å². The molecule has 1 aromatic carbocycles. The SMILES string of the molecule is CCCCCC[C@@H]1CC[C@@H]2CCCC[C@@]23CC[C@@H](COCc2ccccc2)N13. The fourth-order valence-corrected chi connectivity index (χ4v) is 6.76. The van der Waals surface area contributed by atoms with E-state index >= 15 is 0 Å². The minimum Gasteiger partial charge on any atom is -0.375 e. The largest absolute Gasteiger partial charge is 0.375 e. The highest BCUT2D eigenvalue weighted by Gasteiger charge is 2.55. The van der Waals surface area contributed by atoms with Gasteiger partial charge in [0.05, 0.1) is 13.2 Å². The average Bonchev–Trinajstić information content (AvgIpc) is 3.10. The molecule has 1 spiro atoms. The van der Waals surface area contributed by atoms with E-state index in [-0.39, 0.29) is 0 Å². The van der Waals surface area contributed by atoms with Gasteiger partial charge in [0.2, 0.25) is 0 Å². The maximum absolute atomic E-state index is 6.28. The number of hydrogen-bond acceptors (Lipinski definition) is 2. The molecule has 1 saturated carbocycles. The summed E-state index contributed by atoms with van der Waals surface area (Å²) in [4.78, 5) is 3.05. The van der Waals surface area contributed by atoms with Crippen LogP contribution in [-0.2, 0) is 11.3 Å². The van der Waals surface area contributed by atoms with Crippen molar-refractivity contribution in [2.75, 3.05) is 6.61 Å². The van der Waals surface area contributed by atoms with E-state index in [0.29, 0.717) is 11.6 Å². The molecule has 0 bridgehead atoms. The summed E-state index contributed by atoms with van der Waals surface area (Å²) in [5.41, 5.74) is 1.84. The normalized spacial score (nSPS) is 32.8.